The van der Waals surface area contributed by atoms with Crippen LogP contribution in [0.15, 0.2) is 43.0 Å². The molecule has 7 nitrogen and oxygen atoms in total. The van der Waals surface area contributed by atoms with Crippen molar-refractivity contribution < 1.29 is 24.2 Å². The van der Waals surface area contributed by atoms with Gasteiger partial charge in [-0.25, -0.2) is 4.79 Å². The Bertz CT molecular complexity index is 1310. The zero-order chi connectivity index (χ0) is 36.3. The number of anilines is 1. The number of hydrogen-bond donors (Lipinski definition) is 3. The second-order valence-corrected chi connectivity index (χ2v) is 17.7. The lowest BCUT2D eigenvalue weighted by molar-refractivity contribution is -0.219. The van der Waals surface area contributed by atoms with Gasteiger partial charge in [-0.05, 0) is 124 Å². The average Bonchev–Trinajstić information content (AvgIpc) is 3.47. The number of aliphatic hydroxyl groups is 1. The molecule has 9 unspecified atom stereocenters. The van der Waals surface area contributed by atoms with Gasteiger partial charge in [0.15, 0.2) is 0 Å². The van der Waals surface area contributed by atoms with Crippen molar-refractivity contribution in [3.63, 3.8) is 0 Å². The molecule has 0 spiro atoms. The minimum absolute atomic E-state index is 0.0520. The van der Waals surface area contributed by atoms with Crippen LogP contribution in [0.25, 0.3) is 0 Å². The van der Waals surface area contributed by atoms with E-state index >= 15 is 0 Å². The number of allylic oxidation sites excluding steroid dienone is 1. The van der Waals surface area contributed by atoms with E-state index in [9.17, 15) is 14.4 Å². The molecule has 1 aromatic carbocycles. The zero-order valence-corrected chi connectivity index (χ0v) is 31.8. The fourth-order valence-corrected chi connectivity index (χ4v) is 12.1. The summed E-state index contributed by atoms with van der Waals surface area (Å²) < 4.78 is 6.18. The smallest absolute Gasteiger partial charge is 0.319 e. The number of aldehydes is 1. The third-order valence-corrected chi connectivity index (χ3v) is 14.0. The van der Waals surface area contributed by atoms with E-state index in [1.165, 1.54) is 44.9 Å². The van der Waals surface area contributed by atoms with E-state index in [0.29, 0.717) is 35.0 Å². The normalized spacial score (nSPS) is 37.0. The highest BCUT2D eigenvalue weighted by atomic mass is 16.5. The van der Waals surface area contributed by atoms with Crippen molar-refractivity contribution in [3.05, 3.63) is 43.0 Å². The second-order valence-electron chi connectivity index (χ2n) is 17.7. The van der Waals surface area contributed by atoms with Crippen LogP contribution in [0, 0.1) is 51.2 Å². The number of aliphatic hydroxyl groups excluding tert-OH is 1. The molecule has 5 saturated carbocycles. The number of nitrogens with one attached hydrogen (secondary N) is 2. The molecule has 9 atom stereocenters. The molecule has 0 aliphatic heterocycles. The van der Waals surface area contributed by atoms with E-state index in [0.717, 1.165) is 44.8 Å². The quantitative estimate of drug-likeness (QED) is 0.158. The molecule has 0 saturated heterocycles. The van der Waals surface area contributed by atoms with Gasteiger partial charge in [0, 0.05) is 29.2 Å². The number of carbonyl (C=O) groups excluding carboxylic acids is 3. The van der Waals surface area contributed by atoms with Gasteiger partial charge in [0.25, 0.3) is 0 Å². The van der Waals surface area contributed by atoms with Gasteiger partial charge in [-0.1, -0.05) is 72.2 Å². The molecule has 7 heteroatoms. The number of carbonyl (C=O) groups is 3. The van der Waals surface area contributed by atoms with E-state index < -0.39 is 5.41 Å². The summed E-state index contributed by atoms with van der Waals surface area (Å²) in [5.41, 5.74) is 0.517. The first-order valence-corrected chi connectivity index (χ1v) is 19.0. The SMILES string of the molecule is C=CC.CC(C)(C=O)CC(=O)OC1CCC2(C)C(CCC3(C)C4CCC5(NC(=O)Nc6ccccc6)CCCC5C4CCC32)C1(C)C.CO. The lowest BCUT2D eigenvalue weighted by Gasteiger charge is -2.69. The Balaban J connectivity index is 0.00000103. The Morgan fingerprint density at radius 2 is 1.55 bits per heavy atom. The molecule has 0 heterocycles. The lowest BCUT2D eigenvalue weighted by atomic mass is 9.36. The molecular weight excluding hydrogens is 612 g/mol. The number of benzene rings is 1. The minimum atomic E-state index is -0.687. The maximum absolute atomic E-state index is 13.2. The van der Waals surface area contributed by atoms with Crippen molar-refractivity contribution >= 4 is 24.0 Å². The van der Waals surface area contributed by atoms with Gasteiger partial charge in [0.05, 0.1) is 6.42 Å². The van der Waals surface area contributed by atoms with Gasteiger partial charge in [-0.3, -0.25) is 4.79 Å². The van der Waals surface area contributed by atoms with Gasteiger partial charge in [-0.2, -0.15) is 0 Å². The van der Waals surface area contributed by atoms with Crippen molar-refractivity contribution in [1.29, 1.82) is 0 Å². The molecular formula is C42H66N2O5. The van der Waals surface area contributed by atoms with Gasteiger partial charge in [-0.15, -0.1) is 6.58 Å². The zero-order valence-electron chi connectivity index (χ0n) is 31.8. The summed E-state index contributed by atoms with van der Waals surface area (Å²) in [5, 5.41) is 13.6. The maximum Gasteiger partial charge on any atom is 0.319 e. The van der Waals surface area contributed by atoms with E-state index in [2.05, 4.69) is 44.9 Å². The van der Waals surface area contributed by atoms with Crippen LogP contribution in [-0.2, 0) is 14.3 Å². The third-order valence-electron chi connectivity index (χ3n) is 14.0. The fourth-order valence-electron chi connectivity index (χ4n) is 12.1. The average molecular weight is 679 g/mol. The van der Waals surface area contributed by atoms with Crippen LogP contribution in [0.5, 0.6) is 0 Å². The summed E-state index contributed by atoms with van der Waals surface area (Å²) in [7, 11) is 1.00. The topological polar surface area (TPSA) is 105 Å². The highest BCUT2D eigenvalue weighted by molar-refractivity contribution is 5.89. The van der Waals surface area contributed by atoms with Gasteiger partial charge in [0.1, 0.15) is 12.4 Å². The Labute approximate surface area is 296 Å². The predicted octanol–water partition coefficient (Wildman–Crippen LogP) is 9.35. The van der Waals surface area contributed by atoms with Crippen LogP contribution in [0.2, 0.25) is 0 Å². The number of urea groups is 1. The number of hydrogen-bond acceptors (Lipinski definition) is 5. The van der Waals surface area contributed by atoms with Gasteiger partial charge in [0.2, 0.25) is 0 Å². The monoisotopic (exact) mass is 678 g/mol. The third kappa shape index (κ3) is 7.53. The van der Waals surface area contributed by atoms with Gasteiger partial charge < -0.3 is 25.3 Å². The highest BCUT2D eigenvalue weighted by Gasteiger charge is 2.66. The Morgan fingerprint density at radius 3 is 2.20 bits per heavy atom. The largest absolute Gasteiger partial charge is 0.462 e. The van der Waals surface area contributed by atoms with Crippen LogP contribution in [0.1, 0.15) is 126 Å². The van der Waals surface area contributed by atoms with E-state index in [-0.39, 0.29) is 40.9 Å². The predicted molar refractivity (Wildman–Crippen MR) is 198 cm³/mol. The molecule has 5 aliphatic carbocycles. The summed E-state index contributed by atoms with van der Waals surface area (Å²) in [4.78, 5) is 37.6. The van der Waals surface area contributed by atoms with Crippen molar-refractivity contribution in [1.82, 2.24) is 5.32 Å². The van der Waals surface area contributed by atoms with Crippen molar-refractivity contribution in [2.75, 3.05) is 12.4 Å². The van der Waals surface area contributed by atoms with Crippen molar-refractivity contribution in [2.24, 2.45) is 51.2 Å². The maximum atomic E-state index is 13.2. The van der Waals surface area contributed by atoms with Crippen LogP contribution < -0.4 is 10.6 Å². The van der Waals surface area contributed by atoms with Crippen LogP contribution >= 0.6 is 0 Å². The van der Waals surface area contributed by atoms with E-state index in [1.807, 2.05) is 37.3 Å². The van der Waals surface area contributed by atoms with Crippen molar-refractivity contribution in [3.8, 4) is 0 Å². The molecule has 0 radical (unpaired) electrons. The summed E-state index contributed by atoms with van der Waals surface area (Å²) >= 11 is 0. The molecule has 0 aromatic heterocycles. The number of fused-ring (bicyclic) bond motifs is 7. The highest BCUT2D eigenvalue weighted by Crippen LogP contribution is 2.72. The summed E-state index contributed by atoms with van der Waals surface area (Å²) in [6.07, 6.45) is 15.4. The summed E-state index contributed by atoms with van der Waals surface area (Å²) in [5.74, 6) is 2.89. The second kappa shape index (κ2) is 15.3. The molecule has 1 aromatic rings. The van der Waals surface area contributed by atoms with Crippen LogP contribution in [-0.4, -0.2) is 42.1 Å². The first-order chi connectivity index (χ1) is 23.2. The molecule has 5 aliphatic rings. The van der Waals surface area contributed by atoms with Crippen molar-refractivity contribution in [2.45, 2.75) is 137 Å². The number of ether oxygens (including phenoxy) is 1. The molecule has 6 rings (SSSR count). The number of para-hydroxylation sites is 1. The van der Waals surface area contributed by atoms with E-state index in [4.69, 9.17) is 9.84 Å². The van der Waals surface area contributed by atoms with Gasteiger partial charge >= 0.3 is 12.0 Å². The first-order valence-electron chi connectivity index (χ1n) is 19.0. The number of esters is 1. The molecule has 3 N–H and O–H groups in total. The fraction of sp³-hybridized carbons (Fsp3) is 0.738. The molecule has 5 fully saturated rings. The standard InChI is InChI=1S/C38H56N2O4.C3H6.CH4O/c1-34(2,24-41)23-32(42)44-31-18-21-37(6)29(35(31,3)4)17-20-36(5)27-16-22-38(40-33(43)39-25-11-8-7-9-12-25)19-10-13-28(38)26(27)14-15-30(36)37;1-3-2;1-2/h7-9,11-12,24,26-31H,10,13-23H2,1-6H3,(H2,39,40,43);3H,1H2,2H3;2H,1H3. The Kier molecular flexibility index (Phi) is 12.2. The van der Waals surface area contributed by atoms with Crippen LogP contribution in [0.4, 0.5) is 10.5 Å². The summed E-state index contributed by atoms with van der Waals surface area (Å²) in [6, 6.07) is 9.74. The molecule has 274 valence electrons. The summed E-state index contributed by atoms with van der Waals surface area (Å²) in [6.45, 7) is 18.7. The minimum Gasteiger partial charge on any atom is -0.462 e. The molecule has 2 amide bonds. The number of amides is 2. The Morgan fingerprint density at radius 1 is 0.898 bits per heavy atom. The Hall–Kier alpha value is -2.67. The number of rotatable bonds is 6. The first kappa shape index (κ1) is 39.1. The van der Waals surface area contributed by atoms with Crippen LogP contribution in [0.3, 0.4) is 0 Å². The lowest BCUT2D eigenvalue weighted by Crippen LogP contribution is -2.65. The van der Waals surface area contributed by atoms with E-state index in [1.54, 1.807) is 19.9 Å². The molecule has 49 heavy (non-hydrogen) atoms. The molecule has 0 bridgehead atoms.